The van der Waals surface area contributed by atoms with Crippen LogP contribution in [-0.2, 0) is 0 Å². The maximum Gasteiger partial charge on any atom is 0.230 e. The lowest BCUT2D eigenvalue weighted by Crippen LogP contribution is -2.19. The molecule has 156 valence electrons. The fraction of sp³-hybridized carbons (Fsp3) is 0.261. The largest absolute Gasteiger partial charge is 0.438 e. The zero-order chi connectivity index (χ0) is 20.8. The van der Waals surface area contributed by atoms with E-state index in [0.717, 1.165) is 65.3 Å². The van der Waals surface area contributed by atoms with Crippen LogP contribution in [0.15, 0.2) is 53.3 Å². The normalized spacial score (nSPS) is 18.7. The van der Waals surface area contributed by atoms with Crippen molar-refractivity contribution in [1.29, 1.82) is 0 Å². The van der Waals surface area contributed by atoms with Crippen LogP contribution in [0.1, 0.15) is 24.0 Å². The van der Waals surface area contributed by atoms with E-state index in [9.17, 15) is 4.39 Å². The Labute approximate surface area is 182 Å². The van der Waals surface area contributed by atoms with E-state index >= 15 is 0 Å². The Morgan fingerprint density at radius 2 is 2.03 bits per heavy atom. The monoisotopic (exact) mass is 433 g/mol. The van der Waals surface area contributed by atoms with Gasteiger partial charge in [0, 0.05) is 23.9 Å². The van der Waals surface area contributed by atoms with E-state index in [1.807, 2.05) is 28.7 Å². The molecule has 6 nitrogen and oxygen atoms in total. The number of nitrogens with one attached hydrogen (secondary N) is 1. The third-order valence-electron chi connectivity index (χ3n) is 5.78. The van der Waals surface area contributed by atoms with E-state index in [1.165, 1.54) is 24.0 Å². The molecular weight excluding hydrogens is 413 g/mol. The maximum atomic E-state index is 13.5. The number of benzene rings is 1. The Morgan fingerprint density at radius 1 is 1.16 bits per heavy atom. The van der Waals surface area contributed by atoms with E-state index in [0.29, 0.717) is 11.1 Å². The van der Waals surface area contributed by atoms with Crippen LogP contribution in [0.2, 0.25) is 0 Å². The number of rotatable bonds is 4. The molecule has 0 saturated carbocycles. The van der Waals surface area contributed by atoms with Crippen molar-refractivity contribution in [2.45, 2.75) is 18.2 Å². The van der Waals surface area contributed by atoms with E-state index in [2.05, 4.69) is 21.4 Å². The fourth-order valence-corrected chi connectivity index (χ4v) is 4.75. The number of fused-ring (bicyclic) bond motifs is 1. The van der Waals surface area contributed by atoms with Gasteiger partial charge in [-0.3, -0.25) is 4.68 Å². The first-order valence-electron chi connectivity index (χ1n) is 10.4. The van der Waals surface area contributed by atoms with Gasteiger partial charge in [-0.25, -0.2) is 14.4 Å². The summed E-state index contributed by atoms with van der Waals surface area (Å²) >= 11 is 1.88. The standard InChI is InChI=1S/C23H20FN5OS/c24-16-3-1-15(2-4-16)21-18(12-29(28-21)20-7-10-31-20)22-17-11-19(14-5-8-25-9-6-14)30-23(17)27-13-26-22/h1-5,11-13,20,25H,6-10H2. The minimum absolute atomic E-state index is 0.265. The van der Waals surface area contributed by atoms with Gasteiger partial charge in [-0.05, 0) is 61.0 Å². The molecule has 4 aromatic rings. The minimum Gasteiger partial charge on any atom is -0.438 e. The van der Waals surface area contributed by atoms with Crippen molar-refractivity contribution < 1.29 is 8.81 Å². The van der Waals surface area contributed by atoms with Crippen LogP contribution in [0, 0.1) is 5.82 Å². The van der Waals surface area contributed by atoms with Gasteiger partial charge in [-0.2, -0.15) is 5.10 Å². The highest BCUT2D eigenvalue weighted by molar-refractivity contribution is 8.00. The summed E-state index contributed by atoms with van der Waals surface area (Å²) in [6.07, 6.45) is 7.75. The lowest BCUT2D eigenvalue weighted by atomic mass is 10.0. The van der Waals surface area contributed by atoms with Crippen molar-refractivity contribution in [2.75, 3.05) is 18.8 Å². The highest BCUT2D eigenvalue weighted by Gasteiger charge is 2.26. The van der Waals surface area contributed by atoms with E-state index in [1.54, 1.807) is 12.1 Å². The van der Waals surface area contributed by atoms with Crippen LogP contribution in [0.5, 0.6) is 0 Å². The zero-order valence-electron chi connectivity index (χ0n) is 16.7. The Kier molecular flexibility index (Phi) is 4.61. The van der Waals surface area contributed by atoms with Crippen LogP contribution >= 0.6 is 11.8 Å². The second-order valence-corrected chi connectivity index (χ2v) is 9.01. The average Bonchev–Trinajstić information content (AvgIpc) is 3.38. The molecule has 3 aromatic heterocycles. The average molecular weight is 434 g/mol. The third-order valence-corrected chi connectivity index (χ3v) is 7.09. The van der Waals surface area contributed by atoms with Gasteiger partial charge in [0.25, 0.3) is 0 Å². The molecule has 0 amide bonds. The Hall–Kier alpha value is -2.97. The second-order valence-electron chi connectivity index (χ2n) is 7.73. The third kappa shape index (κ3) is 3.36. The summed E-state index contributed by atoms with van der Waals surface area (Å²) in [6.45, 7) is 1.77. The van der Waals surface area contributed by atoms with Gasteiger partial charge in [0.15, 0.2) is 0 Å². The number of furan rings is 1. The summed E-state index contributed by atoms with van der Waals surface area (Å²) < 4.78 is 21.6. The summed E-state index contributed by atoms with van der Waals surface area (Å²) in [6, 6.07) is 8.49. The molecule has 0 spiro atoms. The number of thioether (sulfide) groups is 1. The van der Waals surface area contributed by atoms with Crippen molar-refractivity contribution in [1.82, 2.24) is 25.1 Å². The summed E-state index contributed by atoms with van der Waals surface area (Å²) in [5.41, 5.74) is 5.08. The van der Waals surface area contributed by atoms with Gasteiger partial charge >= 0.3 is 0 Å². The number of halogens is 1. The molecule has 1 saturated heterocycles. The molecule has 1 N–H and O–H groups in total. The molecule has 2 aliphatic rings. The SMILES string of the molecule is Fc1ccc(-c2nn(C3CCS3)cc2-c2ncnc3oc(C4=CCNCC4)cc23)cc1. The highest BCUT2D eigenvalue weighted by atomic mass is 32.2. The molecule has 5 heterocycles. The van der Waals surface area contributed by atoms with Crippen LogP contribution in [0.3, 0.4) is 0 Å². The number of nitrogens with zero attached hydrogens (tertiary/aromatic N) is 4. The summed E-state index contributed by atoms with van der Waals surface area (Å²) in [5, 5.41) is 9.38. The molecule has 1 atom stereocenters. The molecule has 0 bridgehead atoms. The predicted octanol–water partition coefficient (Wildman–Crippen LogP) is 4.90. The van der Waals surface area contributed by atoms with Gasteiger partial charge in [0.1, 0.15) is 23.6 Å². The molecular formula is C23H20FN5OS. The molecule has 0 radical (unpaired) electrons. The lowest BCUT2D eigenvalue weighted by molar-refractivity contribution is 0.563. The van der Waals surface area contributed by atoms with Crippen molar-refractivity contribution in [3.8, 4) is 22.5 Å². The minimum atomic E-state index is -0.265. The molecule has 1 fully saturated rings. The van der Waals surface area contributed by atoms with Gasteiger partial charge in [-0.15, -0.1) is 11.8 Å². The molecule has 0 aliphatic carbocycles. The predicted molar refractivity (Wildman–Crippen MR) is 120 cm³/mol. The van der Waals surface area contributed by atoms with E-state index < -0.39 is 0 Å². The first kappa shape index (κ1) is 18.8. The van der Waals surface area contributed by atoms with Gasteiger partial charge in [-0.1, -0.05) is 6.08 Å². The highest BCUT2D eigenvalue weighted by Crippen LogP contribution is 2.41. The first-order valence-corrected chi connectivity index (χ1v) is 11.4. The Morgan fingerprint density at radius 3 is 2.77 bits per heavy atom. The van der Waals surface area contributed by atoms with Crippen molar-refractivity contribution in [3.63, 3.8) is 0 Å². The van der Waals surface area contributed by atoms with Crippen molar-refractivity contribution >= 4 is 28.4 Å². The number of aromatic nitrogens is 4. The van der Waals surface area contributed by atoms with Crippen LogP contribution < -0.4 is 5.32 Å². The lowest BCUT2D eigenvalue weighted by Gasteiger charge is -2.24. The molecule has 1 aromatic carbocycles. The summed E-state index contributed by atoms with van der Waals surface area (Å²) in [4.78, 5) is 8.98. The summed E-state index contributed by atoms with van der Waals surface area (Å²) in [5.74, 6) is 1.71. The van der Waals surface area contributed by atoms with Crippen molar-refractivity contribution in [3.05, 3.63) is 60.5 Å². The van der Waals surface area contributed by atoms with Crippen LogP contribution in [-0.4, -0.2) is 38.6 Å². The quantitative estimate of drug-likeness (QED) is 0.494. The first-order chi connectivity index (χ1) is 15.3. The molecule has 8 heteroatoms. The zero-order valence-corrected chi connectivity index (χ0v) is 17.5. The molecule has 2 aliphatic heterocycles. The number of hydrogen-bond acceptors (Lipinski definition) is 6. The maximum absolute atomic E-state index is 13.5. The molecule has 31 heavy (non-hydrogen) atoms. The van der Waals surface area contributed by atoms with Gasteiger partial charge in [0.05, 0.1) is 16.5 Å². The molecule has 1 unspecified atom stereocenters. The van der Waals surface area contributed by atoms with E-state index in [4.69, 9.17) is 9.52 Å². The number of hydrogen-bond donors (Lipinski definition) is 1. The van der Waals surface area contributed by atoms with Crippen LogP contribution in [0.25, 0.3) is 39.2 Å². The topological polar surface area (TPSA) is 68.8 Å². The van der Waals surface area contributed by atoms with E-state index in [-0.39, 0.29) is 5.82 Å². The van der Waals surface area contributed by atoms with Crippen LogP contribution in [0.4, 0.5) is 4.39 Å². The summed E-state index contributed by atoms with van der Waals surface area (Å²) in [7, 11) is 0. The fourth-order valence-electron chi connectivity index (χ4n) is 4.04. The van der Waals surface area contributed by atoms with Gasteiger partial charge in [0.2, 0.25) is 5.71 Å². The van der Waals surface area contributed by atoms with Crippen molar-refractivity contribution in [2.24, 2.45) is 0 Å². The van der Waals surface area contributed by atoms with Gasteiger partial charge < -0.3 is 9.73 Å². The Balaban J connectivity index is 1.51. The smallest absolute Gasteiger partial charge is 0.230 e. The molecule has 6 rings (SSSR count). The second kappa shape index (κ2) is 7.62. The Bertz CT molecular complexity index is 1290.